The molecule has 7 nitrogen and oxygen atoms in total. The highest BCUT2D eigenvalue weighted by molar-refractivity contribution is 7.80. The number of ether oxygens (including phenoxy) is 1. The molecule has 1 fully saturated rings. The number of nitrogens with zero attached hydrogens (tertiary/aromatic N) is 4. The zero-order chi connectivity index (χ0) is 21.8. The lowest BCUT2D eigenvalue weighted by atomic mass is 10.0. The molecule has 1 N–H and O–H groups in total. The van der Waals surface area contributed by atoms with Gasteiger partial charge in [-0.25, -0.2) is 4.98 Å². The molecule has 0 spiro atoms. The zero-order valence-electron chi connectivity index (χ0n) is 16.9. The molecular weight excluding hydrogens is 434 g/mol. The molecule has 4 rings (SSSR count). The summed E-state index contributed by atoms with van der Waals surface area (Å²) in [6.07, 6.45) is 6.32. The Kier molecular flexibility index (Phi) is 6.48. The van der Waals surface area contributed by atoms with Gasteiger partial charge in [0.05, 0.1) is 29.9 Å². The van der Waals surface area contributed by atoms with Crippen LogP contribution in [0.5, 0.6) is 0 Å². The van der Waals surface area contributed by atoms with Gasteiger partial charge in [-0.2, -0.15) is 0 Å². The molecule has 4 heterocycles. The van der Waals surface area contributed by atoms with Crippen molar-refractivity contribution < 1.29 is 9.53 Å². The van der Waals surface area contributed by atoms with E-state index < -0.39 is 0 Å². The number of thiocarbonyl (C=S) groups is 1. The van der Waals surface area contributed by atoms with Crippen LogP contribution in [0.25, 0.3) is 5.82 Å². The molecule has 0 bridgehead atoms. The van der Waals surface area contributed by atoms with Crippen molar-refractivity contribution in [3.8, 4) is 5.82 Å². The second-order valence-corrected chi connectivity index (χ2v) is 7.96. The molecule has 3 aromatic heterocycles. The van der Waals surface area contributed by atoms with Gasteiger partial charge in [0.1, 0.15) is 5.82 Å². The van der Waals surface area contributed by atoms with Crippen molar-refractivity contribution in [2.45, 2.75) is 24.9 Å². The highest BCUT2D eigenvalue weighted by atomic mass is 35.5. The van der Waals surface area contributed by atoms with Gasteiger partial charge in [0, 0.05) is 37.3 Å². The molecular formula is C22H22ClN5O2S. The van der Waals surface area contributed by atoms with Crippen molar-refractivity contribution in [2.75, 3.05) is 13.7 Å². The maximum atomic E-state index is 11.6. The van der Waals surface area contributed by atoms with Crippen molar-refractivity contribution in [1.82, 2.24) is 24.8 Å². The Labute approximate surface area is 191 Å². The van der Waals surface area contributed by atoms with Crippen LogP contribution >= 0.6 is 23.8 Å². The smallest absolute Gasteiger partial charge is 0.305 e. The van der Waals surface area contributed by atoms with Gasteiger partial charge in [0.2, 0.25) is 0 Å². The minimum absolute atomic E-state index is 0.132. The number of hydrogen-bond donors (Lipinski definition) is 1. The van der Waals surface area contributed by atoms with Gasteiger partial charge in [-0.3, -0.25) is 9.78 Å². The minimum Gasteiger partial charge on any atom is -0.469 e. The number of halogens is 1. The van der Waals surface area contributed by atoms with Gasteiger partial charge < -0.3 is 19.5 Å². The van der Waals surface area contributed by atoms with E-state index in [0.29, 0.717) is 29.5 Å². The fourth-order valence-corrected chi connectivity index (χ4v) is 4.26. The summed E-state index contributed by atoms with van der Waals surface area (Å²) in [7, 11) is 1.40. The van der Waals surface area contributed by atoms with Crippen LogP contribution in [0.15, 0.2) is 61.1 Å². The lowest BCUT2D eigenvalue weighted by Crippen LogP contribution is -2.31. The molecule has 1 aliphatic rings. The van der Waals surface area contributed by atoms with Crippen molar-refractivity contribution in [1.29, 1.82) is 0 Å². The lowest BCUT2D eigenvalue weighted by molar-refractivity contribution is -0.140. The van der Waals surface area contributed by atoms with Gasteiger partial charge in [-0.05, 0) is 55.0 Å². The number of rotatable bonds is 7. The van der Waals surface area contributed by atoms with Crippen LogP contribution < -0.4 is 5.32 Å². The van der Waals surface area contributed by atoms with Gasteiger partial charge in [0.15, 0.2) is 5.11 Å². The number of hydrogen-bond acceptors (Lipinski definition) is 5. The molecule has 31 heavy (non-hydrogen) atoms. The fourth-order valence-electron chi connectivity index (χ4n) is 3.82. The maximum absolute atomic E-state index is 11.6. The van der Waals surface area contributed by atoms with E-state index in [9.17, 15) is 4.79 Å². The van der Waals surface area contributed by atoms with Crippen LogP contribution in [0, 0.1) is 0 Å². The number of methoxy groups -OCH3 is 1. The Balaban J connectivity index is 1.70. The third-order valence-corrected chi connectivity index (χ3v) is 5.82. The van der Waals surface area contributed by atoms with E-state index in [-0.39, 0.29) is 18.1 Å². The molecule has 3 aromatic rings. The zero-order valence-corrected chi connectivity index (χ0v) is 18.5. The second-order valence-electron chi connectivity index (χ2n) is 7.14. The normalized spacial score (nSPS) is 18.1. The summed E-state index contributed by atoms with van der Waals surface area (Å²) in [4.78, 5) is 22.8. The molecule has 0 aromatic carbocycles. The topological polar surface area (TPSA) is 72.3 Å². The SMILES string of the molecule is COC(=O)CCCN1C(=S)NC(c2ccccn2)C1c1cccn1-c1ccc(Cl)cn1. The Morgan fingerprint density at radius 1 is 1.23 bits per heavy atom. The summed E-state index contributed by atoms with van der Waals surface area (Å²) in [5.74, 6) is 0.529. The molecule has 1 saturated heterocycles. The van der Waals surface area contributed by atoms with Crippen molar-refractivity contribution in [3.05, 3.63) is 77.5 Å². The predicted octanol–water partition coefficient (Wildman–Crippen LogP) is 3.85. The second kappa shape index (κ2) is 9.45. The average molecular weight is 456 g/mol. The van der Waals surface area contributed by atoms with E-state index in [2.05, 4.69) is 26.3 Å². The summed E-state index contributed by atoms with van der Waals surface area (Å²) in [5.41, 5.74) is 1.90. The number of nitrogens with one attached hydrogen (secondary N) is 1. The first-order valence-electron chi connectivity index (χ1n) is 9.92. The first-order chi connectivity index (χ1) is 15.1. The third-order valence-electron chi connectivity index (χ3n) is 5.25. The molecule has 0 aliphatic carbocycles. The average Bonchev–Trinajstić information content (AvgIpc) is 3.39. The number of pyridine rings is 2. The van der Waals surface area contributed by atoms with Crippen LogP contribution in [-0.4, -0.2) is 44.2 Å². The van der Waals surface area contributed by atoms with E-state index in [1.54, 1.807) is 12.4 Å². The van der Waals surface area contributed by atoms with Crippen LogP contribution in [0.1, 0.15) is 36.3 Å². The molecule has 2 unspecified atom stereocenters. The van der Waals surface area contributed by atoms with Crippen molar-refractivity contribution >= 4 is 34.9 Å². The Hall–Kier alpha value is -2.97. The third kappa shape index (κ3) is 4.55. The maximum Gasteiger partial charge on any atom is 0.305 e. The van der Waals surface area contributed by atoms with Crippen LogP contribution in [0.3, 0.4) is 0 Å². The quantitative estimate of drug-likeness (QED) is 0.428. The van der Waals surface area contributed by atoms with Gasteiger partial charge in [0.25, 0.3) is 0 Å². The highest BCUT2D eigenvalue weighted by Gasteiger charge is 2.41. The molecule has 1 aliphatic heterocycles. The number of carbonyl (C=O) groups excluding carboxylic acids is 1. The van der Waals surface area contributed by atoms with Gasteiger partial charge in [-0.1, -0.05) is 17.7 Å². The predicted molar refractivity (Wildman–Crippen MR) is 122 cm³/mol. The highest BCUT2D eigenvalue weighted by Crippen LogP contribution is 2.39. The number of esters is 1. The van der Waals surface area contributed by atoms with Crippen molar-refractivity contribution in [2.24, 2.45) is 0 Å². The van der Waals surface area contributed by atoms with E-state index in [4.69, 9.17) is 28.6 Å². The molecule has 0 radical (unpaired) electrons. The molecule has 0 amide bonds. The summed E-state index contributed by atoms with van der Waals surface area (Å²) >= 11 is 11.7. The van der Waals surface area contributed by atoms with Crippen molar-refractivity contribution in [3.63, 3.8) is 0 Å². The summed E-state index contributed by atoms with van der Waals surface area (Å²) < 4.78 is 6.81. The standard InChI is InChI=1S/C22H22ClN5O2S/c1-30-19(29)8-5-13-28-21(20(26-22(28)31)16-6-2-3-11-24-16)17-7-4-12-27(17)18-10-9-15(23)14-25-18/h2-4,6-7,9-12,14,20-21H,5,8,13H2,1H3,(H,26,31). The van der Waals surface area contributed by atoms with Crippen LogP contribution in [-0.2, 0) is 9.53 Å². The van der Waals surface area contributed by atoms with E-state index in [1.165, 1.54) is 7.11 Å². The Morgan fingerprint density at radius 2 is 2.10 bits per heavy atom. The van der Waals surface area contributed by atoms with E-state index in [0.717, 1.165) is 17.2 Å². The first kappa shape index (κ1) is 21.3. The first-order valence-corrected chi connectivity index (χ1v) is 10.7. The van der Waals surface area contributed by atoms with E-state index in [1.807, 2.05) is 47.2 Å². The monoisotopic (exact) mass is 455 g/mol. The molecule has 2 atom stereocenters. The van der Waals surface area contributed by atoms with Crippen LogP contribution in [0.2, 0.25) is 5.02 Å². The van der Waals surface area contributed by atoms with E-state index >= 15 is 0 Å². The summed E-state index contributed by atoms with van der Waals surface area (Å²) in [5, 5.41) is 4.63. The Bertz CT molecular complexity index is 1060. The molecule has 160 valence electrons. The van der Waals surface area contributed by atoms with Gasteiger partial charge >= 0.3 is 5.97 Å². The largest absolute Gasteiger partial charge is 0.469 e. The lowest BCUT2D eigenvalue weighted by Gasteiger charge is -2.28. The molecule has 0 saturated carbocycles. The Morgan fingerprint density at radius 3 is 2.81 bits per heavy atom. The number of aromatic nitrogens is 3. The van der Waals surface area contributed by atoms with Crippen LogP contribution in [0.4, 0.5) is 0 Å². The van der Waals surface area contributed by atoms with Gasteiger partial charge in [-0.15, -0.1) is 0 Å². The summed E-state index contributed by atoms with van der Waals surface area (Å²) in [6.45, 7) is 0.605. The minimum atomic E-state index is -0.232. The fraction of sp³-hybridized carbons (Fsp3) is 0.273. The molecule has 9 heteroatoms. The summed E-state index contributed by atoms with van der Waals surface area (Å²) in [6, 6.07) is 13.3. The number of carbonyl (C=O) groups is 1.